The van der Waals surface area contributed by atoms with Crippen LogP contribution in [0.1, 0.15) is 32.2 Å². The van der Waals surface area contributed by atoms with E-state index < -0.39 is 0 Å². The number of hydrogen-bond acceptors (Lipinski definition) is 4. The molecule has 0 N–H and O–H groups in total. The van der Waals surface area contributed by atoms with Crippen LogP contribution in [0.4, 0.5) is 5.69 Å². The number of anilines is 1. The minimum Gasteiger partial charge on any atom is -0.306 e. The van der Waals surface area contributed by atoms with Crippen molar-refractivity contribution in [2.24, 2.45) is 0 Å². The molecule has 4 nitrogen and oxygen atoms in total. The highest BCUT2D eigenvalue weighted by Gasteiger charge is 2.26. The molecule has 0 fully saturated rings. The van der Waals surface area contributed by atoms with Gasteiger partial charge in [-0.05, 0) is 30.5 Å². The number of nitrogens with zero attached hydrogens (tertiary/aromatic N) is 3. The number of benzene rings is 1. The Morgan fingerprint density at radius 3 is 2.92 bits per heavy atom. The maximum absolute atomic E-state index is 12.8. The zero-order valence-electron chi connectivity index (χ0n) is 13.4. The van der Waals surface area contributed by atoms with E-state index in [0.717, 1.165) is 29.1 Å². The lowest BCUT2D eigenvalue weighted by Crippen LogP contribution is -2.29. The average molecular weight is 335 g/mol. The van der Waals surface area contributed by atoms with Crippen molar-refractivity contribution in [3.8, 4) is 0 Å². The molecule has 3 heterocycles. The molecule has 5 heteroatoms. The molecule has 1 aromatic carbocycles. The second-order valence-corrected chi connectivity index (χ2v) is 6.94. The average Bonchev–Trinajstić information content (AvgIpc) is 3.23. The van der Waals surface area contributed by atoms with Gasteiger partial charge >= 0.3 is 0 Å². The van der Waals surface area contributed by atoms with Crippen LogP contribution in [0, 0.1) is 6.92 Å². The summed E-state index contributed by atoms with van der Waals surface area (Å²) in [4.78, 5) is 23.3. The van der Waals surface area contributed by atoms with Crippen LogP contribution < -0.4 is 4.90 Å². The van der Waals surface area contributed by atoms with Gasteiger partial charge in [-0.2, -0.15) is 0 Å². The Labute approximate surface area is 144 Å². The SMILES string of the molecule is Cc1ccc(Cc2nc(C(=O)N3CCc4cnccc43)cs2)cc1. The largest absolute Gasteiger partial charge is 0.306 e. The van der Waals surface area contributed by atoms with Crippen LogP contribution >= 0.6 is 11.3 Å². The highest BCUT2D eigenvalue weighted by Crippen LogP contribution is 2.28. The summed E-state index contributed by atoms with van der Waals surface area (Å²) in [5.41, 5.74) is 5.08. The van der Waals surface area contributed by atoms with Crippen molar-refractivity contribution in [2.45, 2.75) is 19.8 Å². The molecule has 2 aromatic heterocycles. The van der Waals surface area contributed by atoms with Crippen molar-refractivity contribution < 1.29 is 4.79 Å². The number of hydrogen-bond donors (Lipinski definition) is 0. The van der Waals surface area contributed by atoms with E-state index in [1.54, 1.807) is 17.5 Å². The normalized spacial score (nSPS) is 13.1. The van der Waals surface area contributed by atoms with Crippen molar-refractivity contribution in [3.63, 3.8) is 0 Å². The van der Waals surface area contributed by atoms with E-state index in [4.69, 9.17) is 0 Å². The number of aromatic nitrogens is 2. The molecule has 1 amide bonds. The second kappa shape index (κ2) is 6.17. The number of carbonyl (C=O) groups is 1. The smallest absolute Gasteiger partial charge is 0.277 e. The summed E-state index contributed by atoms with van der Waals surface area (Å²) in [5, 5.41) is 2.83. The van der Waals surface area contributed by atoms with Gasteiger partial charge in [-0.25, -0.2) is 4.98 Å². The standard InChI is InChI=1S/C19H17N3OS/c1-13-2-4-14(5-3-13)10-18-21-16(12-24-18)19(23)22-9-7-15-11-20-8-6-17(15)22/h2-6,8,11-12H,7,9-10H2,1H3. The van der Waals surface area contributed by atoms with Gasteiger partial charge in [0.25, 0.3) is 5.91 Å². The van der Waals surface area contributed by atoms with Gasteiger partial charge in [0.2, 0.25) is 0 Å². The van der Waals surface area contributed by atoms with Crippen molar-refractivity contribution in [3.05, 3.63) is 75.5 Å². The lowest BCUT2D eigenvalue weighted by atomic mass is 10.1. The molecule has 0 atom stereocenters. The molecule has 1 aliphatic rings. The van der Waals surface area contributed by atoms with Crippen LogP contribution in [-0.4, -0.2) is 22.4 Å². The first kappa shape index (κ1) is 15.0. The van der Waals surface area contributed by atoms with Crippen LogP contribution in [0.25, 0.3) is 0 Å². The van der Waals surface area contributed by atoms with Crippen molar-refractivity contribution in [1.82, 2.24) is 9.97 Å². The Kier molecular flexibility index (Phi) is 3.86. The van der Waals surface area contributed by atoms with Crippen molar-refractivity contribution in [2.75, 3.05) is 11.4 Å². The molecule has 120 valence electrons. The van der Waals surface area contributed by atoms with Gasteiger partial charge in [-0.1, -0.05) is 29.8 Å². The van der Waals surface area contributed by atoms with Crippen LogP contribution in [0.3, 0.4) is 0 Å². The highest BCUT2D eigenvalue weighted by molar-refractivity contribution is 7.09. The molecule has 0 saturated heterocycles. The summed E-state index contributed by atoms with van der Waals surface area (Å²) >= 11 is 1.55. The Hall–Kier alpha value is -2.53. The zero-order chi connectivity index (χ0) is 16.5. The van der Waals surface area contributed by atoms with E-state index in [1.165, 1.54) is 11.1 Å². The topological polar surface area (TPSA) is 46.1 Å². The Morgan fingerprint density at radius 2 is 2.08 bits per heavy atom. The molecule has 0 saturated carbocycles. The molecule has 1 aliphatic heterocycles. The predicted octanol–water partition coefficient (Wildman–Crippen LogP) is 3.64. The Morgan fingerprint density at radius 1 is 1.25 bits per heavy atom. The predicted molar refractivity (Wildman–Crippen MR) is 95.7 cm³/mol. The lowest BCUT2D eigenvalue weighted by molar-refractivity contribution is 0.0985. The van der Waals surface area contributed by atoms with E-state index in [1.807, 2.05) is 22.5 Å². The summed E-state index contributed by atoms with van der Waals surface area (Å²) in [5.74, 6) is -0.0219. The number of rotatable bonds is 3. The molecule has 3 aromatic rings. The minimum absolute atomic E-state index is 0.0219. The zero-order valence-corrected chi connectivity index (χ0v) is 14.2. The summed E-state index contributed by atoms with van der Waals surface area (Å²) in [6.07, 6.45) is 5.19. The van der Waals surface area contributed by atoms with Gasteiger partial charge in [0, 0.05) is 30.7 Å². The first-order chi connectivity index (χ1) is 11.7. The molecular formula is C19H17N3OS. The van der Waals surface area contributed by atoms with Crippen molar-refractivity contribution >= 4 is 22.9 Å². The highest BCUT2D eigenvalue weighted by atomic mass is 32.1. The van der Waals surface area contributed by atoms with Gasteiger partial charge in [-0.3, -0.25) is 9.78 Å². The minimum atomic E-state index is -0.0219. The third-order valence-electron chi connectivity index (χ3n) is 4.27. The monoisotopic (exact) mass is 335 g/mol. The van der Waals surface area contributed by atoms with Gasteiger partial charge in [-0.15, -0.1) is 11.3 Å². The van der Waals surface area contributed by atoms with E-state index >= 15 is 0 Å². The third-order valence-corrected chi connectivity index (χ3v) is 5.11. The summed E-state index contributed by atoms with van der Waals surface area (Å²) in [7, 11) is 0. The second-order valence-electron chi connectivity index (χ2n) is 6.00. The summed E-state index contributed by atoms with van der Waals surface area (Å²) in [6.45, 7) is 2.78. The van der Waals surface area contributed by atoms with Crippen LogP contribution in [0.2, 0.25) is 0 Å². The third kappa shape index (κ3) is 2.83. The molecule has 24 heavy (non-hydrogen) atoms. The fourth-order valence-corrected chi connectivity index (χ4v) is 3.75. The number of carbonyl (C=O) groups excluding carboxylic acids is 1. The van der Waals surface area contributed by atoms with Crippen LogP contribution in [-0.2, 0) is 12.8 Å². The Bertz CT molecular complexity index is 886. The first-order valence-electron chi connectivity index (χ1n) is 7.95. The van der Waals surface area contributed by atoms with E-state index in [2.05, 4.69) is 41.2 Å². The molecule has 0 unspecified atom stereocenters. The number of thiazole rings is 1. The van der Waals surface area contributed by atoms with Crippen molar-refractivity contribution in [1.29, 1.82) is 0 Å². The summed E-state index contributed by atoms with van der Waals surface area (Å²) < 4.78 is 0. The van der Waals surface area contributed by atoms with Gasteiger partial charge < -0.3 is 4.90 Å². The summed E-state index contributed by atoms with van der Waals surface area (Å²) in [6, 6.07) is 10.3. The molecule has 0 spiro atoms. The number of aryl methyl sites for hydroxylation is 1. The van der Waals surface area contributed by atoms with Gasteiger partial charge in [0.1, 0.15) is 5.69 Å². The number of amides is 1. The quantitative estimate of drug-likeness (QED) is 0.734. The fourth-order valence-electron chi connectivity index (χ4n) is 2.95. The number of fused-ring (bicyclic) bond motifs is 1. The fraction of sp³-hybridized carbons (Fsp3) is 0.211. The molecular weight excluding hydrogens is 318 g/mol. The van der Waals surface area contributed by atoms with E-state index in [9.17, 15) is 4.79 Å². The van der Waals surface area contributed by atoms with Gasteiger partial charge in [0.15, 0.2) is 0 Å². The molecule has 0 radical (unpaired) electrons. The molecule has 4 rings (SSSR count). The maximum Gasteiger partial charge on any atom is 0.277 e. The molecule has 0 bridgehead atoms. The number of pyridine rings is 1. The lowest BCUT2D eigenvalue weighted by Gasteiger charge is -2.15. The van der Waals surface area contributed by atoms with E-state index in [0.29, 0.717) is 12.2 Å². The maximum atomic E-state index is 12.8. The first-order valence-corrected chi connectivity index (χ1v) is 8.83. The Balaban J connectivity index is 1.53. The molecule has 0 aliphatic carbocycles. The van der Waals surface area contributed by atoms with Crippen LogP contribution in [0.15, 0.2) is 48.1 Å². The van der Waals surface area contributed by atoms with Crippen LogP contribution in [0.5, 0.6) is 0 Å². The van der Waals surface area contributed by atoms with Gasteiger partial charge in [0.05, 0.1) is 10.7 Å². The van der Waals surface area contributed by atoms with E-state index in [-0.39, 0.29) is 5.91 Å².